The van der Waals surface area contributed by atoms with Crippen molar-refractivity contribution >= 4 is 11.6 Å². The molecule has 1 aromatic carbocycles. The number of hydrogen-bond acceptors (Lipinski definition) is 4. The fraction of sp³-hybridized carbons (Fsp3) is 0.471. The van der Waals surface area contributed by atoms with Gasteiger partial charge in [-0.1, -0.05) is 11.6 Å². The zero-order chi connectivity index (χ0) is 17.0. The number of methoxy groups -OCH3 is 2. The van der Waals surface area contributed by atoms with Crippen molar-refractivity contribution < 1.29 is 9.47 Å². The first kappa shape index (κ1) is 17.6. The van der Waals surface area contributed by atoms with Crippen LogP contribution in [0.3, 0.4) is 0 Å². The Morgan fingerprint density at radius 1 is 1.13 bits per heavy atom. The van der Waals surface area contributed by atoms with Gasteiger partial charge in [-0.25, -0.2) is 0 Å². The number of rotatable bonds is 7. The Labute approximate surface area is 142 Å². The predicted octanol–water partition coefficient (Wildman–Crippen LogP) is 3.51. The molecule has 0 spiro atoms. The van der Waals surface area contributed by atoms with E-state index >= 15 is 0 Å². The molecule has 23 heavy (non-hydrogen) atoms. The van der Waals surface area contributed by atoms with Gasteiger partial charge in [-0.05, 0) is 27.0 Å². The SMILES string of the molecule is CCn1ncc(CN(C)Cc2cc(Cl)c(OC)cc2OC)c1C. The van der Waals surface area contributed by atoms with E-state index in [0.29, 0.717) is 10.8 Å². The first-order valence-corrected chi connectivity index (χ1v) is 7.98. The zero-order valence-corrected chi connectivity index (χ0v) is 15.1. The highest BCUT2D eigenvalue weighted by molar-refractivity contribution is 6.32. The van der Waals surface area contributed by atoms with Gasteiger partial charge in [0.25, 0.3) is 0 Å². The van der Waals surface area contributed by atoms with Gasteiger partial charge in [0.1, 0.15) is 11.5 Å². The number of halogens is 1. The molecule has 0 bridgehead atoms. The maximum atomic E-state index is 6.24. The third-order valence-electron chi connectivity index (χ3n) is 3.94. The van der Waals surface area contributed by atoms with Gasteiger partial charge in [0.05, 0.1) is 25.4 Å². The lowest BCUT2D eigenvalue weighted by atomic mass is 10.1. The van der Waals surface area contributed by atoms with Crippen molar-refractivity contribution in [3.8, 4) is 11.5 Å². The van der Waals surface area contributed by atoms with Crippen LogP contribution in [-0.2, 0) is 19.6 Å². The van der Waals surface area contributed by atoms with Crippen LogP contribution in [0.1, 0.15) is 23.7 Å². The molecule has 5 nitrogen and oxygen atoms in total. The molecule has 126 valence electrons. The number of nitrogens with zero attached hydrogens (tertiary/aromatic N) is 3. The Bertz CT molecular complexity index is 670. The van der Waals surface area contributed by atoms with Gasteiger partial charge in [-0.15, -0.1) is 0 Å². The standard InChI is InChI=1S/C17H24ClN3O2/c1-6-21-12(2)14(9-19-21)11-20(3)10-13-7-15(18)17(23-5)8-16(13)22-4/h7-9H,6,10-11H2,1-5H3. The summed E-state index contributed by atoms with van der Waals surface area (Å²) in [6, 6.07) is 3.73. The van der Waals surface area contributed by atoms with Gasteiger partial charge in [0, 0.05) is 42.5 Å². The van der Waals surface area contributed by atoms with Crippen molar-refractivity contribution in [1.82, 2.24) is 14.7 Å². The van der Waals surface area contributed by atoms with Gasteiger partial charge in [-0.3, -0.25) is 9.58 Å². The van der Waals surface area contributed by atoms with E-state index in [4.69, 9.17) is 21.1 Å². The first-order chi connectivity index (χ1) is 11.0. The third kappa shape index (κ3) is 3.98. The number of aryl methyl sites for hydroxylation is 1. The highest BCUT2D eigenvalue weighted by Crippen LogP contribution is 2.33. The first-order valence-electron chi connectivity index (χ1n) is 7.60. The van der Waals surface area contributed by atoms with E-state index in [1.807, 2.05) is 23.0 Å². The molecular weight excluding hydrogens is 314 g/mol. The lowest BCUT2D eigenvalue weighted by molar-refractivity contribution is 0.308. The lowest BCUT2D eigenvalue weighted by Crippen LogP contribution is -2.18. The summed E-state index contributed by atoms with van der Waals surface area (Å²) in [5, 5.41) is 4.98. The Hall–Kier alpha value is -1.72. The van der Waals surface area contributed by atoms with Crippen LogP contribution in [0.15, 0.2) is 18.3 Å². The molecule has 0 saturated heterocycles. The van der Waals surface area contributed by atoms with Gasteiger partial charge in [0.2, 0.25) is 0 Å². The van der Waals surface area contributed by atoms with E-state index in [1.165, 1.54) is 11.3 Å². The Balaban J connectivity index is 2.14. The van der Waals surface area contributed by atoms with Crippen LogP contribution in [0.25, 0.3) is 0 Å². The van der Waals surface area contributed by atoms with Crippen molar-refractivity contribution in [1.29, 1.82) is 0 Å². The second-order valence-electron chi connectivity index (χ2n) is 5.54. The molecule has 0 aliphatic rings. The molecular formula is C17H24ClN3O2. The second kappa shape index (κ2) is 7.70. The highest BCUT2D eigenvalue weighted by Gasteiger charge is 2.13. The average molecular weight is 338 g/mol. The van der Waals surface area contributed by atoms with Crippen molar-refractivity contribution in [2.24, 2.45) is 0 Å². The number of ether oxygens (including phenoxy) is 2. The summed E-state index contributed by atoms with van der Waals surface area (Å²) >= 11 is 6.24. The van der Waals surface area contributed by atoms with Crippen molar-refractivity contribution in [3.05, 3.63) is 40.2 Å². The average Bonchev–Trinajstić information content (AvgIpc) is 2.87. The van der Waals surface area contributed by atoms with E-state index in [0.717, 1.165) is 30.9 Å². The predicted molar refractivity (Wildman–Crippen MR) is 92.4 cm³/mol. The van der Waals surface area contributed by atoms with Crippen LogP contribution >= 0.6 is 11.6 Å². The lowest BCUT2D eigenvalue weighted by Gasteiger charge is -2.19. The third-order valence-corrected chi connectivity index (χ3v) is 4.24. The minimum atomic E-state index is 0.590. The monoisotopic (exact) mass is 337 g/mol. The zero-order valence-electron chi connectivity index (χ0n) is 14.4. The van der Waals surface area contributed by atoms with Gasteiger partial charge >= 0.3 is 0 Å². The minimum Gasteiger partial charge on any atom is -0.496 e. The fourth-order valence-corrected chi connectivity index (χ4v) is 2.91. The van der Waals surface area contributed by atoms with Crippen LogP contribution in [0.4, 0.5) is 0 Å². The maximum absolute atomic E-state index is 6.24. The second-order valence-corrected chi connectivity index (χ2v) is 5.95. The summed E-state index contributed by atoms with van der Waals surface area (Å²) in [4.78, 5) is 2.21. The van der Waals surface area contributed by atoms with Crippen LogP contribution < -0.4 is 9.47 Å². The largest absolute Gasteiger partial charge is 0.496 e. The van der Waals surface area contributed by atoms with Crippen LogP contribution in [0.5, 0.6) is 11.5 Å². The minimum absolute atomic E-state index is 0.590. The fourth-order valence-electron chi connectivity index (χ4n) is 2.64. The summed E-state index contributed by atoms with van der Waals surface area (Å²) in [7, 11) is 5.32. The Kier molecular flexibility index (Phi) is 5.91. The molecule has 1 aromatic heterocycles. The highest BCUT2D eigenvalue weighted by atomic mass is 35.5. The van der Waals surface area contributed by atoms with Crippen molar-refractivity contribution in [2.75, 3.05) is 21.3 Å². The molecule has 0 atom stereocenters. The van der Waals surface area contributed by atoms with E-state index in [-0.39, 0.29) is 0 Å². The molecule has 0 saturated carbocycles. The summed E-state index contributed by atoms with van der Waals surface area (Å²) in [6.45, 7) is 6.63. The van der Waals surface area contributed by atoms with E-state index in [1.54, 1.807) is 14.2 Å². The van der Waals surface area contributed by atoms with E-state index in [9.17, 15) is 0 Å². The number of benzene rings is 1. The molecule has 0 fully saturated rings. The summed E-state index contributed by atoms with van der Waals surface area (Å²) in [5.41, 5.74) is 3.47. The molecule has 0 aliphatic heterocycles. The summed E-state index contributed by atoms with van der Waals surface area (Å²) in [5.74, 6) is 1.40. The molecule has 1 heterocycles. The molecule has 0 aliphatic carbocycles. The van der Waals surface area contributed by atoms with Gasteiger partial charge in [-0.2, -0.15) is 5.10 Å². The van der Waals surface area contributed by atoms with Crippen molar-refractivity contribution in [2.45, 2.75) is 33.5 Å². The molecule has 0 radical (unpaired) electrons. The van der Waals surface area contributed by atoms with Gasteiger partial charge < -0.3 is 9.47 Å². The molecule has 0 amide bonds. The number of hydrogen-bond donors (Lipinski definition) is 0. The molecule has 2 rings (SSSR count). The maximum Gasteiger partial charge on any atom is 0.141 e. The molecule has 2 aromatic rings. The summed E-state index contributed by atoms with van der Waals surface area (Å²) < 4.78 is 12.7. The Morgan fingerprint density at radius 2 is 1.78 bits per heavy atom. The van der Waals surface area contributed by atoms with Crippen LogP contribution in [0, 0.1) is 6.92 Å². The smallest absolute Gasteiger partial charge is 0.141 e. The van der Waals surface area contributed by atoms with Gasteiger partial charge in [0.15, 0.2) is 0 Å². The van der Waals surface area contributed by atoms with Crippen LogP contribution in [-0.4, -0.2) is 35.9 Å². The Morgan fingerprint density at radius 3 is 2.35 bits per heavy atom. The molecule has 0 N–H and O–H groups in total. The quantitative estimate of drug-likeness (QED) is 0.775. The number of aromatic nitrogens is 2. The topological polar surface area (TPSA) is 39.5 Å². The van der Waals surface area contributed by atoms with E-state index in [2.05, 4.69) is 30.9 Å². The normalized spacial score (nSPS) is 11.1. The summed E-state index contributed by atoms with van der Waals surface area (Å²) in [6.07, 6.45) is 1.94. The van der Waals surface area contributed by atoms with Crippen LogP contribution in [0.2, 0.25) is 5.02 Å². The molecule has 0 unspecified atom stereocenters. The van der Waals surface area contributed by atoms with E-state index < -0.39 is 0 Å². The van der Waals surface area contributed by atoms with Crippen molar-refractivity contribution in [3.63, 3.8) is 0 Å². The molecule has 6 heteroatoms.